The van der Waals surface area contributed by atoms with Gasteiger partial charge in [-0.05, 0) is 50.6 Å². The van der Waals surface area contributed by atoms with Crippen LogP contribution in [0.1, 0.15) is 29.0 Å². The van der Waals surface area contributed by atoms with Crippen LogP contribution in [0.3, 0.4) is 0 Å². The number of rotatable bonds is 4. The predicted octanol–water partition coefficient (Wildman–Crippen LogP) is 1.61. The minimum atomic E-state index is -0.181. The van der Waals surface area contributed by atoms with E-state index in [2.05, 4.69) is 25.9 Å². The molecule has 7 heteroatoms. The number of benzene rings is 1. The monoisotopic (exact) mass is 336 g/mol. The third-order valence-electron chi connectivity index (χ3n) is 4.61. The Morgan fingerprint density at radius 1 is 1.40 bits per heavy atom. The van der Waals surface area contributed by atoms with Crippen molar-refractivity contribution in [2.75, 3.05) is 13.1 Å². The lowest BCUT2D eigenvalue weighted by atomic mass is 10.2. The maximum Gasteiger partial charge on any atom is 0.273 e. The average Bonchev–Trinajstić information content (AvgIpc) is 3.29. The van der Waals surface area contributed by atoms with Crippen LogP contribution < -0.4 is 10.6 Å². The fourth-order valence-electron chi connectivity index (χ4n) is 3.21. The largest absolute Gasteiger partial charge is 0.349 e. The lowest BCUT2D eigenvalue weighted by Gasteiger charge is -2.10. The van der Waals surface area contributed by atoms with E-state index in [9.17, 15) is 4.79 Å². The van der Waals surface area contributed by atoms with Crippen LogP contribution in [0.4, 0.5) is 0 Å². The third kappa shape index (κ3) is 3.10. The van der Waals surface area contributed by atoms with Gasteiger partial charge in [0, 0.05) is 24.2 Å². The normalized spacial score (nSPS) is 17.1. The SMILES string of the molecule is Cc1c(C(=O)NCC2CCCN2)nnn1-c1ccc2ncccc2c1. The van der Waals surface area contributed by atoms with Crippen molar-refractivity contribution < 1.29 is 4.79 Å². The van der Waals surface area contributed by atoms with Crippen molar-refractivity contribution in [3.8, 4) is 5.69 Å². The summed E-state index contributed by atoms with van der Waals surface area (Å²) in [5.41, 5.74) is 2.87. The first-order valence-corrected chi connectivity index (χ1v) is 8.51. The number of amides is 1. The van der Waals surface area contributed by atoms with Gasteiger partial charge in [0.25, 0.3) is 5.91 Å². The molecule has 0 aliphatic carbocycles. The molecule has 0 saturated carbocycles. The molecule has 1 unspecified atom stereocenters. The number of pyridine rings is 1. The first-order valence-electron chi connectivity index (χ1n) is 8.51. The van der Waals surface area contributed by atoms with E-state index in [0.29, 0.717) is 18.3 Å². The van der Waals surface area contributed by atoms with Crippen LogP contribution in [0.15, 0.2) is 36.5 Å². The molecule has 3 aromatic rings. The number of fused-ring (bicyclic) bond motifs is 1. The van der Waals surface area contributed by atoms with Gasteiger partial charge in [0.15, 0.2) is 5.69 Å². The highest BCUT2D eigenvalue weighted by atomic mass is 16.2. The molecule has 7 nitrogen and oxygen atoms in total. The molecule has 1 aliphatic heterocycles. The molecule has 1 aliphatic rings. The van der Waals surface area contributed by atoms with Crippen molar-refractivity contribution >= 4 is 16.8 Å². The number of carbonyl (C=O) groups excluding carboxylic acids is 1. The number of carbonyl (C=O) groups is 1. The van der Waals surface area contributed by atoms with Gasteiger partial charge in [-0.3, -0.25) is 9.78 Å². The van der Waals surface area contributed by atoms with Crippen LogP contribution in [0.25, 0.3) is 16.6 Å². The maximum atomic E-state index is 12.4. The fraction of sp³-hybridized carbons (Fsp3) is 0.333. The predicted molar refractivity (Wildman–Crippen MR) is 94.8 cm³/mol. The molecule has 128 valence electrons. The number of hydrogen-bond donors (Lipinski definition) is 2. The fourth-order valence-corrected chi connectivity index (χ4v) is 3.21. The first-order chi connectivity index (χ1) is 12.2. The topological polar surface area (TPSA) is 84.7 Å². The molecule has 1 aromatic carbocycles. The summed E-state index contributed by atoms with van der Waals surface area (Å²) in [5.74, 6) is -0.181. The molecule has 1 fully saturated rings. The Bertz CT molecular complexity index is 913. The molecular weight excluding hydrogens is 316 g/mol. The molecule has 0 radical (unpaired) electrons. The van der Waals surface area contributed by atoms with Crippen molar-refractivity contribution in [1.29, 1.82) is 0 Å². The van der Waals surface area contributed by atoms with Crippen molar-refractivity contribution in [2.24, 2.45) is 0 Å². The standard InChI is InChI=1S/C18H20N6O/c1-12-17(18(25)21-11-14-5-3-8-19-14)22-23-24(12)15-6-7-16-13(10-15)4-2-9-20-16/h2,4,6-7,9-10,14,19H,3,5,8,11H2,1H3,(H,21,25). The van der Waals surface area contributed by atoms with Crippen LogP contribution in [-0.2, 0) is 0 Å². The van der Waals surface area contributed by atoms with Gasteiger partial charge in [-0.2, -0.15) is 0 Å². The quantitative estimate of drug-likeness (QED) is 0.756. The van der Waals surface area contributed by atoms with E-state index in [4.69, 9.17) is 0 Å². The molecule has 1 saturated heterocycles. The maximum absolute atomic E-state index is 12.4. The number of hydrogen-bond acceptors (Lipinski definition) is 5. The Morgan fingerprint density at radius 2 is 2.32 bits per heavy atom. The third-order valence-corrected chi connectivity index (χ3v) is 4.61. The Balaban J connectivity index is 1.55. The molecule has 1 amide bonds. The van der Waals surface area contributed by atoms with Gasteiger partial charge >= 0.3 is 0 Å². The lowest BCUT2D eigenvalue weighted by molar-refractivity contribution is 0.0944. The second-order valence-electron chi connectivity index (χ2n) is 6.32. The molecule has 0 bridgehead atoms. The number of aromatic nitrogens is 4. The Morgan fingerprint density at radius 3 is 3.16 bits per heavy atom. The van der Waals surface area contributed by atoms with E-state index in [1.807, 2.05) is 37.3 Å². The second kappa shape index (κ2) is 6.60. The van der Waals surface area contributed by atoms with Crippen molar-refractivity contribution in [2.45, 2.75) is 25.8 Å². The second-order valence-corrected chi connectivity index (χ2v) is 6.32. The summed E-state index contributed by atoms with van der Waals surface area (Å²) in [6.07, 6.45) is 4.02. The van der Waals surface area contributed by atoms with E-state index >= 15 is 0 Å². The van der Waals surface area contributed by atoms with E-state index in [1.165, 1.54) is 0 Å². The molecular formula is C18H20N6O. The summed E-state index contributed by atoms with van der Waals surface area (Å²) in [4.78, 5) is 16.7. The van der Waals surface area contributed by atoms with Crippen LogP contribution in [0.2, 0.25) is 0 Å². The lowest BCUT2D eigenvalue weighted by Crippen LogP contribution is -2.37. The summed E-state index contributed by atoms with van der Waals surface area (Å²) in [6, 6.07) is 10.1. The van der Waals surface area contributed by atoms with Gasteiger partial charge in [-0.25, -0.2) is 4.68 Å². The molecule has 2 N–H and O–H groups in total. The van der Waals surface area contributed by atoms with Crippen molar-refractivity contribution in [3.05, 3.63) is 47.9 Å². The van der Waals surface area contributed by atoms with E-state index in [-0.39, 0.29) is 5.91 Å². The smallest absolute Gasteiger partial charge is 0.273 e. The molecule has 4 rings (SSSR count). The van der Waals surface area contributed by atoms with Crippen molar-refractivity contribution in [1.82, 2.24) is 30.6 Å². The molecule has 0 spiro atoms. The van der Waals surface area contributed by atoms with Crippen LogP contribution in [0, 0.1) is 6.92 Å². The summed E-state index contributed by atoms with van der Waals surface area (Å²) in [7, 11) is 0. The zero-order valence-corrected chi connectivity index (χ0v) is 14.1. The average molecular weight is 336 g/mol. The Kier molecular flexibility index (Phi) is 4.15. The highest BCUT2D eigenvalue weighted by Gasteiger charge is 2.20. The van der Waals surface area contributed by atoms with E-state index in [0.717, 1.165) is 41.7 Å². The minimum Gasteiger partial charge on any atom is -0.349 e. The van der Waals surface area contributed by atoms with Gasteiger partial charge < -0.3 is 10.6 Å². The van der Waals surface area contributed by atoms with Gasteiger partial charge in [0.05, 0.1) is 16.9 Å². The van der Waals surface area contributed by atoms with E-state index in [1.54, 1.807) is 10.9 Å². The summed E-state index contributed by atoms with van der Waals surface area (Å²) in [5, 5.41) is 15.6. The van der Waals surface area contributed by atoms with Crippen molar-refractivity contribution in [3.63, 3.8) is 0 Å². The highest BCUT2D eigenvalue weighted by Crippen LogP contribution is 2.18. The number of nitrogens with one attached hydrogen (secondary N) is 2. The Labute approximate surface area is 145 Å². The van der Waals surface area contributed by atoms with Gasteiger partial charge in [-0.1, -0.05) is 11.3 Å². The van der Waals surface area contributed by atoms with Crippen LogP contribution in [0.5, 0.6) is 0 Å². The first kappa shape index (κ1) is 15.7. The zero-order valence-electron chi connectivity index (χ0n) is 14.1. The Hall–Kier alpha value is -2.80. The molecule has 25 heavy (non-hydrogen) atoms. The van der Waals surface area contributed by atoms with Crippen LogP contribution >= 0.6 is 0 Å². The van der Waals surface area contributed by atoms with Gasteiger partial charge in [0.1, 0.15) is 0 Å². The molecule has 2 aromatic heterocycles. The van der Waals surface area contributed by atoms with E-state index < -0.39 is 0 Å². The zero-order chi connectivity index (χ0) is 17.2. The summed E-state index contributed by atoms with van der Waals surface area (Å²) < 4.78 is 1.69. The molecule has 1 atom stereocenters. The van der Waals surface area contributed by atoms with Gasteiger partial charge in [-0.15, -0.1) is 5.10 Å². The number of nitrogens with zero attached hydrogens (tertiary/aromatic N) is 4. The van der Waals surface area contributed by atoms with Gasteiger partial charge in [0.2, 0.25) is 0 Å². The molecule has 3 heterocycles. The highest BCUT2D eigenvalue weighted by molar-refractivity contribution is 5.93. The van der Waals surface area contributed by atoms with Crippen LogP contribution in [-0.4, -0.2) is 45.0 Å². The minimum absolute atomic E-state index is 0.181. The summed E-state index contributed by atoms with van der Waals surface area (Å²) >= 11 is 0. The summed E-state index contributed by atoms with van der Waals surface area (Å²) in [6.45, 7) is 3.50.